The molecule has 112 valence electrons. The number of aryl methyl sites for hydroxylation is 1. The van der Waals surface area contributed by atoms with Crippen LogP contribution in [0.1, 0.15) is 42.2 Å². The Labute approximate surface area is 126 Å². The molecule has 0 aliphatic rings. The van der Waals surface area contributed by atoms with Crippen LogP contribution < -0.4 is 5.73 Å². The van der Waals surface area contributed by atoms with Crippen molar-refractivity contribution in [2.75, 3.05) is 7.11 Å². The number of nitrogens with two attached hydrogens (primary N) is 1. The van der Waals surface area contributed by atoms with Gasteiger partial charge >= 0.3 is 0 Å². The van der Waals surface area contributed by atoms with Crippen LogP contribution in [0.4, 0.5) is 0 Å². The first kappa shape index (κ1) is 15.6. The van der Waals surface area contributed by atoms with Gasteiger partial charge in [0.15, 0.2) is 5.82 Å². The minimum atomic E-state index is -0.247. The van der Waals surface area contributed by atoms with Gasteiger partial charge in [0.05, 0.1) is 0 Å². The van der Waals surface area contributed by atoms with E-state index in [9.17, 15) is 0 Å². The van der Waals surface area contributed by atoms with Crippen LogP contribution in [0.3, 0.4) is 0 Å². The van der Waals surface area contributed by atoms with Crippen LogP contribution in [0.5, 0.6) is 0 Å². The first-order valence-electron chi connectivity index (χ1n) is 7.31. The summed E-state index contributed by atoms with van der Waals surface area (Å²) in [4.78, 5) is 9.19. The van der Waals surface area contributed by atoms with Crippen molar-refractivity contribution in [1.82, 2.24) is 9.97 Å². The topological polar surface area (TPSA) is 61.0 Å². The minimum absolute atomic E-state index is 0.130. The molecule has 0 aliphatic carbocycles. The third kappa shape index (κ3) is 4.09. The normalized spacial score (nSPS) is 13.9. The van der Waals surface area contributed by atoms with Gasteiger partial charge in [-0.2, -0.15) is 0 Å². The van der Waals surface area contributed by atoms with Crippen molar-refractivity contribution in [3.8, 4) is 0 Å². The first-order valence-corrected chi connectivity index (χ1v) is 7.31. The summed E-state index contributed by atoms with van der Waals surface area (Å²) in [6, 6.07) is 12.1. The van der Waals surface area contributed by atoms with Gasteiger partial charge in [-0.1, -0.05) is 37.3 Å². The Bertz CT molecular complexity index is 572. The Balaban J connectivity index is 2.33. The van der Waals surface area contributed by atoms with Crippen LogP contribution in [-0.2, 0) is 11.2 Å². The standard InChI is InChI=1S/C17H23N3O/c1-4-14(18)11-15-10-12(2)19-17(20-15)16(21-3)13-8-6-5-7-9-13/h5-10,14,16H,4,11,18H2,1-3H3. The Kier molecular flexibility index (Phi) is 5.42. The predicted octanol–water partition coefficient (Wildman–Crippen LogP) is 2.80. The van der Waals surface area contributed by atoms with Crippen molar-refractivity contribution in [2.24, 2.45) is 5.73 Å². The third-order valence-electron chi connectivity index (χ3n) is 3.49. The number of methoxy groups -OCH3 is 1. The third-order valence-corrected chi connectivity index (χ3v) is 3.49. The number of ether oxygens (including phenoxy) is 1. The molecule has 2 aromatic rings. The molecule has 0 spiro atoms. The molecule has 0 saturated heterocycles. The van der Waals surface area contributed by atoms with Crippen molar-refractivity contribution in [2.45, 2.75) is 38.8 Å². The SMILES string of the molecule is CCC(N)Cc1cc(C)nc(C(OC)c2ccccc2)n1. The molecule has 1 aromatic carbocycles. The summed E-state index contributed by atoms with van der Waals surface area (Å²) in [5, 5.41) is 0. The lowest BCUT2D eigenvalue weighted by molar-refractivity contribution is 0.128. The maximum atomic E-state index is 6.03. The van der Waals surface area contributed by atoms with Gasteiger partial charge in [0, 0.05) is 31.0 Å². The van der Waals surface area contributed by atoms with Crippen LogP contribution in [0.2, 0.25) is 0 Å². The molecule has 21 heavy (non-hydrogen) atoms. The fraction of sp³-hybridized carbons (Fsp3) is 0.412. The van der Waals surface area contributed by atoms with E-state index in [0.29, 0.717) is 5.82 Å². The number of nitrogens with zero attached hydrogens (tertiary/aromatic N) is 2. The Morgan fingerprint density at radius 1 is 1.19 bits per heavy atom. The van der Waals surface area contributed by atoms with Gasteiger partial charge in [-0.25, -0.2) is 9.97 Å². The van der Waals surface area contributed by atoms with E-state index in [1.165, 1.54) is 0 Å². The van der Waals surface area contributed by atoms with Gasteiger partial charge in [-0.3, -0.25) is 0 Å². The number of hydrogen-bond acceptors (Lipinski definition) is 4. The number of benzene rings is 1. The molecule has 4 nitrogen and oxygen atoms in total. The van der Waals surface area contributed by atoms with Crippen molar-refractivity contribution >= 4 is 0 Å². The zero-order chi connectivity index (χ0) is 15.2. The summed E-state index contributed by atoms with van der Waals surface area (Å²) >= 11 is 0. The highest BCUT2D eigenvalue weighted by Crippen LogP contribution is 2.23. The zero-order valence-corrected chi connectivity index (χ0v) is 12.9. The van der Waals surface area contributed by atoms with Crippen LogP contribution in [0, 0.1) is 6.92 Å². The van der Waals surface area contributed by atoms with Crippen LogP contribution in [0.25, 0.3) is 0 Å². The largest absolute Gasteiger partial charge is 0.369 e. The molecule has 0 saturated carbocycles. The number of rotatable bonds is 6. The predicted molar refractivity (Wildman–Crippen MR) is 84.0 cm³/mol. The van der Waals surface area contributed by atoms with E-state index in [4.69, 9.17) is 10.5 Å². The molecule has 1 heterocycles. The Morgan fingerprint density at radius 3 is 2.52 bits per heavy atom. The first-order chi connectivity index (χ1) is 10.1. The summed E-state index contributed by atoms with van der Waals surface area (Å²) in [6.07, 6.45) is 1.45. The molecular weight excluding hydrogens is 262 g/mol. The van der Waals surface area contributed by atoms with E-state index in [1.54, 1.807) is 7.11 Å². The van der Waals surface area contributed by atoms with E-state index >= 15 is 0 Å². The van der Waals surface area contributed by atoms with Gasteiger partial charge < -0.3 is 10.5 Å². The van der Waals surface area contributed by atoms with Gasteiger partial charge in [-0.05, 0) is 25.0 Å². The molecule has 0 bridgehead atoms. The molecule has 1 aromatic heterocycles. The second-order valence-electron chi connectivity index (χ2n) is 5.26. The average Bonchev–Trinajstić information content (AvgIpc) is 2.48. The molecule has 0 amide bonds. The number of hydrogen-bond donors (Lipinski definition) is 1. The second-order valence-corrected chi connectivity index (χ2v) is 5.26. The van der Waals surface area contributed by atoms with E-state index in [0.717, 1.165) is 29.8 Å². The fourth-order valence-corrected chi connectivity index (χ4v) is 2.31. The van der Waals surface area contributed by atoms with Gasteiger partial charge in [-0.15, -0.1) is 0 Å². The van der Waals surface area contributed by atoms with Crippen molar-refractivity contribution in [1.29, 1.82) is 0 Å². The fourth-order valence-electron chi connectivity index (χ4n) is 2.31. The molecule has 0 fully saturated rings. The van der Waals surface area contributed by atoms with Gasteiger partial charge in [0.2, 0.25) is 0 Å². The average molecular weight is 285 g/mol. The summed E-state index contributed by atoms with van der Waals surface area (Å²) in [5.74, 6) is 0.696. The summed E-state index contributed by atoms with van der Waals surface area (Å²) in [7, 11) is 1.68. The van der Waals surface area contributed by atoms with Crippen molar-refractivity contribution in [3.63, 3.8) is 0 Å². The Morgan fingerprint density at radius 2 is 1.90 bits per heavy atom. The second kappa shape index (κ2) is 7.29. The summed E-state index contributed by atoms with van der Waals surface area (Å²) in [6.45, 7) is 4.06. The van der Waals surface area contributed by atoms with Gasteiger partial charge in [0.25, 0.3) is 0 Å². The molecule has 4 heteroatoms. The molecule has 2 atom stereocenters. The van der Waals surface area contributed by atoms with Crippen LogP contribution in [-0.4, -0.2) is 23.1 Å². The number of aromatic nitrogens is 2. The van der Waals surface area contributed by atoms with E-state index in [2.05, 4.69) is 16.9 Å². The van der Waals surface area contributed by atoms with Gasteiger partial charge in [0.1, 0.15) is 6.10 Å². The summed E-state index contributed by atoms with van der Waals surface area (Å²) in [5.41, 5.74) is 9.00. The maximum Gasteiger partial charge on any atom is 0.162 e. The van der Waals surface area contributed by atoms with Crippen molar-refractivity contribution < 1.29 is 4.74 Å². The van der Waals surface area contributed by atoms with Crippen LogP contribution in [0.15, 0.2) is 36.4 Å². The molecule has 0 aliphatic heterocycles. The molecule has 2 unspecified atom stereocenters. The van der Waals surface area contributed by atoms with E-state index in [-0.39, 0.29) is 12.1 Å². The molecule has 0 radical (unpaired) electrons. The lowest BCUT2D eigenvalue weighted by Crippen LogP contribution is -2.23. The molecule has 2 N–H and O–H groups in total. The zero-order valence-electron chi connectivity index (χ0n) is 12.9. The highest BCUT2D eigenvalue weighted by Gasteiger charge is 2.17. The maximum absolute atomic E-state index is 6.03. The van der Waals surface area contributed by atoms with Crippen LogP contribution >= 0.6 is 0 Å². The highest BCUT2D eigenvalue weighted by atomic mass is 16.5. The van der Waals surface area contributed by atoms with E-state index < -0.39 is 0 Å². The summed E-state index contributed by atoms with van der Waals surface area (Å²) < 4.78 is 5.61. The Hall–Kier alpha value is -1.78. The smallest absolute Gasteiger partial charge is 0.162 e. The molecular formula is C17H23N3O. The quantitative estimate of drug-likeness (QED) is 0.886. The lowest BCUT2D eigenvalue weighted by atomic mass is 10.1. The molecule has 2 rings (SSSR count). The lowest BCUT2D eigenvalue weighted by Gasteiger charge is -2.16. The van der Waals surface area contributed by atoms with E-state index in [1.807, 2.05) is 43.3 Å². The highest BCUT2D eigenvalue weighted by molar-refractivity contribution is 5.24. The van der Waals surface area contributed by atoms with Crippen molar-refractivity contribution in [3.05, 3.63) is 59.2 Å². The monoisotopic (exact) mass is 285 g/mol. The minimum Gasteiger partial charge on any atom is -0.369 e.